The average Bonchev–Trinajstić information content (AvgIpc) is 3.70. The van der Waals surface area contributed by atoms with Crippen molar-refractivity contribution in [3.8, 4) is 0 Å². The lowest BCUT2D eigenvalue weighted by Crippen LogP contribution is -2.45. The molecule has 0 aromatic heterocycles. The van der Waals surface area contributed by atoms with Crippen LogP contribution in [0.1, 0.15) is 44.6 Å². The summed E-state index contributed by atoms with van der Waals surface area (Å²) in [7, 11) is -2.96. The topological polar surface area (TPSA) is 111 Å². The van der Waals surface area contributed by atoms with Crippen LogP contribution in [0, 0.1) is 5.92 Å². The van der Waals surface area contributed by atoms with Crippen molar-refractivity contribution in [2.24, 2.45) is 5.92 Å². The first-order valence-corrected chi connectivity index (χ1v) is 17.8. The zero-order valence-corrected chi connectivity index (χ0v) is 25.0. The van der Waals surface area contributed by atoms with Crippen molar-refractivity contribution in [2.45, 2.75) is 75.4 Å². The van der Waals surface area contributed by atoms with Gasteiger partial charge in [-0.05, 0) is 62.7 Å². The minimum absolute atomic E-state index is 0.0303. The minimum atomic E-state index is -2.96. The van der Waals surface area contributed by atoms with E-state index >= 15 is 0 Å². The Hall–Kier alpha value is -3.05. The van der Waals surface area contributed by atoms with Gasteiger partial charge in [0, 0.05) is 47.9 Å². The smallest absolute Gasteiger partial charge is 0.268 e. The number of amides is 3. The highest BCUT2D eigenvalue weighted by Gasteiger charge is 2.67. The van der Waals surface area contributed by atoms with Crippen molar-refractivity contribution < 1.29 is 29.0 Å². The summed E-state index contributed by atoms with van der Waals surface area (Å²) in [6.07, 6.45) is 2.23. The van der Waals surface area contributed by atoms with Crippen LogP contribution in [0.2, 0.25) is 18.6 Å². The Labute approximate surface area is 241 Å². The van der Waals surface area contributed by atoms with Crippen LogP contribution in [0.25, 0.3) is 0 Å². The Morgan fingerprint density at radius 2 is 1.83 bits per heavy atom. The number of fused-ring (bicyclic) bond motifs is 2. The summed E-state index contributed by atoms with van der Waals surface area (Å²) in [6.45, 7) is 6.76. The predicted octanol–water partition coefficient (Wildman–Crippen LogP) is 3.66. The summed E-state index contributed by atoms with van der Waals surface area (Å²) >= 11 is 0. The lowest BCUT2D eigenvalue weighted by atomic mass is 9.82. The van der Waals surface area contributed by atoms with Crippen molar-refractivity contribution in [1.29, 1.82) is 0 Å². The van der Waals surface area contributed by atoms with Gasteiger partial charge in [-0.1, -0.05) is 25.1 Å². The molecule has 4 aliphatic rings. The normalized spacial score (nSPS) is 29.7. The van der Waals surface area contributed by atoms with Crippen LogP contribution in [0.15, 0.2) is 48.5 Å². The van der Waals surface area contributed by atoms with E-state index in [1.54, 1.807) is 14.7 Å². The second-order valence-electron chi connectivity index (χ2n) is 12.5. The molecule has 2 aromatic rings. The van der Waals surface area contributed by atoms with E-state index in [9.17, 15) is 24.3 Å². The molecule has 0 radical (unpaired) electrons. The van der Waals surface area contributed by atoms with Gasteiger partial charge in [0.05, 0.1) is 30.9 Å². The molecule has 10 heteroatoms. The highest BCUT2D eigenvalue weighted by atomic mass is 28.4. The van der Waals surface area contributed by atoms with Crippen LogP contribution in [-0.2, 0) is 24.7 Å². The highest BCUT2D eigenvalue weighted by molar-refractivity contribution is 6.71. The predicted molar refractivity (Wildman–Crippen MR) is 157 cm³/mol. The number of benzene rings is 2. The summed E-state index contributed by atoms with van der Waals surface area (Å²) < 4.78 is 6.87. The quantitative estimate of drug-likeness (QED) is 0.507. The standard InChI is InChI=1S/C31H39N3O6Si/c1-20-29(41(2,3)39)26(18-28(37)33-15-7-11-23(33)19-35)40-31(20)24-17-22(32-16-8-12-27(32)36)13-14-25(24)34(30(31)38)21-9-5-4-6-10-21/h4-6,9-10,13-14,17,20,23,26,29,35,39H,7-8,11-12,15-16,18-19H2,1-3H3/t20-,23-,26+,29-,31+/m0/s1. The molecule has 0 bridgehead atoms. The van der Waals surface area contributed by atoms with E-state index in [0.717, 1.165) is 24.9 Å². The number of aliphatic hydroxyl groups is 1. The average molecular weight is 578 g/mol. The second kappa shape index (κ2) is 10.3. The third-order valence-electron chi connectivity index (χ3n) is 9.56. The Kier molecular flexibility index (Phi) is 7.08. The Bertz CT molecular complexity index is 1360. The minimum Gasteiger partial charge on any atom is -0.432 e. The number of rotatable bonds is 6. The van der Waals surface area contributed by atoms with Crippen molar-refractivity contribution in [3.63, 3.8) is 0 Å². The van der Waals surface area contributed by atoms with E-state index in [-0.39, 0.29) is 36.8 Å². The number of carbonyl (C=O) groups excluding carboxylic acids is 3. The van der Waals surface area contributed by atoms with E-state index in [0.29, 0.717) is 36.4 Å². The maximum absolute atomic E-state index is 14.7. The molecular formula is C31H39N3O6Si. The molecule has 6 rings (SSSR count). The van der Waals surface area contributed by atoms with E-state index in [1.807, 2.05) is 68.5 Å². The molecule has 3 fully saturated rings. The molecule has 5 atom stereocenters. The van der Waals surface area contributed by atoms with Crippen molar-refractivity contribution in [3.05, 3.63) is 54.1 Å². The number of aliphatic hydroxyl groups excluding tert-OH is 1. The van der Waals surface area contributed by atoms with Crippen LogP contribution in [0.4, 0.5) is 17.1 Å². The first-order valence-electron chi connectivity index (χ1n) is 14.7. The lowest BCUT2D eigenvalue weighted by Gasteiger charge is -2.33. The molecule has 9 nitrogen and oxygen atoms in total. The Morgan fingerprint density at radius 1 is 1.07 bits per heavy atom. The molecule has 3 saturated heterocycles. The molecule has 0 saturated carbocycles. The fraction of sp³-hybridized carbons (Fsp3) is 0.516. The number of nitrogens with zero attached hydrogens (tertiary/aromatic N) is 3. The first-order chi connectivity index (χ1) is 19.6. The number of hydrogen-bond donors (Lipinski definition) is 2. The van der Waals surface area contributed by atoms with E-state index in [1.165, 1.54) is 0 Å². The van der Waals surface area contributed by atoms with Crippen LogP contribution in [0.3, 0.4) is 0 Å². The summed E-state index contributed by atoms with van der Waals surface area (Å²) in [5.74, 6) is -0.744. The third kappa shape index (κ3) is 4.43. The molecule has 3 amide bonds. The van der Waals surface area contributed by atoms with Crippen LogP contribution >= 0.6 is 0 Å². The number of ether oxygens (including phenoxy) is 1. The van der Waals surface area contributed by atoms with Gasteiger partial charge in [-0.25, -0.2) is 0 Å². The molecule has 41 heavy (non-hydrogen) atoms. The number of para-hydroxylation sites is 1. The monoisotopic (exact) mass is 577 g/mol. The second-order valence-corrected chi connectivity index (χ2v) is 16.4. The van der Waals surface area contributed by atoms with Gasteiger partial charge in [0.2, 0.25) is 11.8 Å². The van der Waals surface area contributed by atoms with Gasteiger partial charge >= 0.3 is 0 Å². The van der Waals surface area contributed by atoms with Gasteiger partial charge in [0.25, 0.3) is 5.91 Å². The summed E-state index contributed by atoms with van der Waals surface area (Å²) in [5.41, 5.74) is 0.967. The molecule has 4 aliphatic heterocycles. The van der Waals surface area contributed by atoms with E-state index < -0.39 is 31.5 Å². The third-order valence-corrected chi connectivity index (χ3v) is 12.1. The molecule has 0 unspecified atom stereocenters. The summed E-state index contributed by atoms with van der Waals surface area (Å²) in [5, 5.41) is 9.82. The highest BCUT2D eigenvalue weighted by Crippen LogP contribution is 2.61. The van der Waals surface area contributed by atoms with Crippen molar-refractivity contribution >= 4 is 43.1 Å². The molecule has 0 aliphatic carbocycles. The fourth-order valence-electron chi connectivity index (χ4n) is 7.76. The lowest BCUT2D eigenvalue weighted by molar-refractivity contribution is -0.149. The Balaban J connectivity index is 1.46. The maximum Gasteiger partial charge on any atom is 0.268 e. The van der Waals surface area contributed by atoms with Gasteiger partial charge in [-0.15, -0.1) is 0 Å². The number of hydrogen-bond acceptors (Lipinski definition) is 6. The first kappa shape index (κ1) is 28.1. The number of anilines is 3. The molecule has 2 aromatic carbocycles. The Morgan fingerprint density at radius 3 is 2.49 bits per heavy atom. The number of carbonyl (C=O) groups is 3. The van der Waals surface area contributed by atoms with Gasteiger partial charge in [0.1, 0.15) is 0 Å². The largest absolute Gasteiger partial charge is 0.432 e. The van der Waals surface area contributed by atoms with Gasteiger partial charge < -0.3 is 24.4 Å². The molecule has 1 spiro atoms. The molecule has 218 valence electrons. The van der Waals surface area contributed by atoms with Gasteiger partial charge in [0.15, 0.2) is 13.9 Å². The van der Waals surface area contributed by atoms with Crippen LogP contribution in [-0.4, -0.2) is 72.7 Å². The molecule has 2 N–H and O–H groups in total. The summed E-state index contributed by atoms with van der Waals surface area (Å²) in [4.78, 5) is 57.6. The van der Waals surface area contributed by atoms with Gasteiger partial charge in [-0.2, -0.15) is 0 Å². The maximum atomic E-state index is 14.7. The van der Waals surface area contributed by atoms with Crippen LogP contribution < -0.4 is 9.80 Å². The van der Waals surface area contributed by atoms with E-state index in [2.05, 4.69) is 0 Å². The summed E-state index contributed by atoms with van der Waals surface area (Å²) in [6, 6.07) is 14.9. The van der Waals surface area contributed by atoms with Gasteiger partial charge in [-0.3, -0.25) is 19.3 Å². The van der Waals surface area contributed by atoms with E-state index in [4.69, 9.17) is 4.74 Å². The van der Waals surface area contributed by atoms with Crippen molar-refractivity contribution in [2.75, 3.05) is 29.5 Å². The SMILES string of the molecule is C[C@H]1[C@H]([Si](C)(C)O)[C@@H](CC(=O)N2CCC[C@H]2CO)O[C@]12C(=O)N(c1ccccc1)c1ccc(N3CCCC3=O)cc12. The van der Waals surface area contributed by atoms with Crippen LogP contribution in [0.5, 0.6) is 0 Å². The van der Waals surface area contributed by atoms with Crippen molar-refractivity contribution in [1.82, 2.24) is 4.90 Å². The molecular weight excluding hydrogens is 538 g/mol. The zero-order chi connectivity index (χ0) is 29.1. The number of likely N-dealkylation sites (tertiary alicyclic amines) is 1. The fourth-order valence-corrected chi connectivity index (χ4v) is 10.3. The molecule has 4 heterocycles. The zero-order valence-electron chi connectivity index (χ0n) is 24.0.